The van der Waals surface area contributed by atoms with Gasteiger partial charge in [0.25, 0.3) is 0 Å². The average Bonchev–Trinajstić information content (AvgIpc) is 2.78. The van der Waals surface area contributed by atoms with Crippen LogP contribution in [0.4, 0.5) is 16.2 Å². The summed E-state index contributed by atoms with van der Waals surface area (Å²) in [5, 5.41) is 10.4. The summed E-state index contributed by atoms with van der Waals surface area (Å²) in [6.07, 6.45) is 5.13. The van der Waals surface area contributed by atoms with Gasteiger partial charge in [0.1, 0.15) is 0 Å². The summed E-state index contributed by atoms with van der Waals surface area (Å²) in [5.74, 6) is 0. The highest BCUT2D eigenvalue weighted by Gasteiger charge is 2.33. The van der Waals surface area contributed by atoms with Crippen LogP contribution in [0.2, 0.25) is 0 Å². The molecule has 3 heterocycles. The normalized spacial score (nSPS) is 19.7. The van der Waals surface area contributed by atoms with Crippen LogP contribution in [0.3, 0.4) is 0 Å². The van der Waals surface area contributed by atoms with E-state index >= 15 is 0 Å². The molecule has 2 aliphatic heterocycles. The summed E-state index contributed by atoms with van der Waals surface area (Å²) >= 11 is 0. The molecule has 2 aliphatic rings. The minimum atomic E-state index is -0.0594. The fourth-order valence-corrected chi connectivity index (χ4v) is 3.52. The van der Waals surface area contributed by atoms with Crippen molar-refractivity contribution in [1.82, 2.24) is 15.1 Å². The number of carbonyl (C=O) groups excluding carboxylic acids is 1. The van der Waals surface area contributed by atoms with Crippen molar-refractivity contribution in [3.05, 3.63) is 48.3 Å². The van der Waals surface area contributed by atoms with Crippen molar-refractivity contribution in [2.75, 3.05) is 29.9 Å². The highest BCUT2D eigenvalue weighted by atomic mass is 16.2. The molecule has 1 fully saturated rings. The minimum Gasteiger partial charge on any atom is -0.366 e. The van der Waals surface area contributed by atoms with E-state index in [0.29, 0.717) is 11.7 Å². The van der Waals surface area contributed by atoms with Gasteiger partial charge in [-0.15, -0.1) is 0 Å². The number of hydrogen-bond donors (Lipinski definition) is 1. The largest absolute Gasteiger partial charge is 0.366 e. The van der Waals surface area contributed by atoms with Gasteiger partial charge in [0.15, 0.2) is 0 Å². The van der Waals surface area contributed by atoms with E-state index in [4.69, 9.17) is 0 Å². The predicted octanol–water partition coefficient (Wildman–Crippen LogP) is 2.15. The Bertz CT molecular complexity index is 705. The second-order valence-electron chi connectivity index (χ2n) is 6.04. The standard InChI is InChI=1S/C17H19N5O/c23-17(20-14-6-7-18-19-11-14)21-8-3-9-22-15(12-21)10-13-4-1-2-5-16(13)22/h1-2,4-7,11,15H,3,8-10,12H2,(H,18,20,23). The molecule has 0 saturated carbocycles. The van der Waals surface area contributed by atoms with Crippen LogP contribution >= 0.6 is 0 Å². The fourth-order valence-electron chi connectivity index (χ4n) is 3.52. The summed E-state index contributed by atoms with van der Waals surface area (Å²) in [4.78, 5) is 16.9. The van der Waals surface area contributed by atoms with Crippen LogP contribution in [0, 0.1) is 0 Å². The zero-order valence-electron chi connectivity index (χ0n) is 12.9. The van der Waals surface area contributed by atoms with Crippen molar-refractivity contribution < 1.29 is 4.79 Å². The van der Waals surface area contributed by atoms with Crippen LogP contribution in [0.15, 0.2) is 42.7 Å². The smallest absolute Gasteiger partial charge is 0.321 e. The molecule has 118 valence electrons. The van der Waals surface area contributed by atoms with Crippen LogP contribution in [0.5, 0.6) is 0 Å². The van der Waals surface area contributed by atoms with Gasteiger partial charge in [-0.1, -0.05) is 18.2 Å². The molecular weight excluding hydrogens is 290 g/mol. The lowest BCUT2D eigenvalue weighted by atomic mass is 10.1. The molecule has 1 aromatic carbocycles. The number of urea groups is 1. The van der Waals surface area contributed by atoms with Crippen LogP contribution in [0.25, 0.3) is 0 Å². The van der Waals surface area contributed by atoms with E-state index in [1.165, 1.54) is 11.3 Å². The molecule has 1 saturated heterocycles. The second-order valence-corrected chi connectivity index (χ2v) is 6.04. The van der Waals surface area contributed by atoms with E-state index in [-0.39, 0.29) is 6.03 Å². The molecule has 1 aromatic heterocycles. The SMILES string of the molecule is O=C(Nc1ccnnc1)N1CCCN2c3ccccc3CC2C1. The van der Waals surface area contributed by atoms with Gasteiger partial charge in [-0.05, 0) is 30.5 Å². The van der Waals surface area contributed by atoms with Gasteiger partial charge in [0.2, 0.25) is 0 Å². The Labute approximate surface area is 135 Å². The number of anilines is 2. The number of amides is 2. The minimum absolute atomic E-state index is 0.0594. The quantitative estimate of drug-likeness (QED) is 0.877. The maximum absolute atomic E-state index is 12.5. The number of benzene rings is 1. The summed E-state index contributed by atoms with van der Waals surface area (Å²) in [5.41, 5.74) is 3.40. The zero-order valence-corrected chi connectivity index (χ0v) is 12.9. The number of hydrogen-bond acceptors (Lipinski definition) is 4. The number of nitrogens with zero attached hydrogens (tertiary/aromatic N) is 4. The molecule has 0 aliphatic carbocycles. The number of para-hydroxylation sites is 1. The summed E-state index contributed by atoms with van der Waals surface area (Å²) in [7, 11) is 0. The molecule has 23 heavy (non-hydrogen) atoms. The van der Waals surface area contributed by atoms with E-state index < -0.39 is 0 Å². The molecule has 4 rings (SSSR count). The molecule has 0 radical (unpaired) electrons. The van der Waals surface area contributed by atoms with Gasteiger partial charge in [0.05, 0.1) is 24.1 Å². The maximum atomic E-state index is 12.5. The lowest BCUT2D eigenvalue weighted by molar-refractivity contribution is 0.211. The average molecular weight is 309 g/mol. The van der Waals surface area contributed by atoms with E-state index in [0.717, 1.165) is 32.5 Å². The van der Waals surface area contributed by atoms with Crippen molar-refractivity contribution in [3.8, 4) is 0 Å². The molecule has 1 N–H and O–H groups in total. The van der Waals surface area contributed by atoms with Gasteiger partial charge in [-0.25, -0.2) is 4.79 Å². The van der Waals surface area contributed by atoms with E-state index in [1.807, 2.05) is 4.90 Å². The molecule has 0 bridgehead atoms. The van der Waals surface area contributed by atoms with E-state index in [2.05, 4.69) is 44.7 Å². The van der Waals surface area contributed by atoms with Gasteiger partial charge in [-0.3, -0.25) is 0 Å². The Morgan fingerprint density at radius 2 is 2.09 bits per heavy atom. The third-order valence-corrected chi connectivity index (χ3v) is 4.58. The molecule has 6 heteroatoms. The lowest BCUT2D eigenvalue weighted by Gasteiger charge is -2.27. The Balaban J connectivity index is 1.48. The molecule has 6 nitrogen and oxygen atoms in total. The lowest BCUT2D eigenvalue weighted by Crippen LogP contribution is -2.43. The first-order valence-corrected chi connectivity index (χ1v) is 7.98. The molecule has 2 aromatic rings. The molecule has 1 atom stereocenters. The highest BCUT2D eigenvalue weighted by molar-refractivity contribution is 5.89. The van der Waals surface area contributed by atoms with Crippen molar-refractivity contribution in [2.24, 2.45) is 0 Å². The van der Waals surface area contributed by atoms with Crippen LogP contribution < -0.4 is 10.2 Å². The number of rotatable bonds is 1. The number of carbonyl (C=O) groups is 1. The summed E-state index contributed by atoms with van der Waals surface area (Å²) < 4.78 is 0. The first-order chi connectivity index (χ1) is 11.3. The predicted molar refractivity (Wildman–Crippen MR) is 88.5 cm³/mol. The monoisotopic (exact) mass is 309 g/mol. The maximum Gasteiger partial charge on any atom is 0.321 e. The van der Waals surface area contributed by atoms with Crippen molar-refractivity contribution in [1.29, 1.82) is 0 Å². The molecule has 1 unspecified atom stereocenters. The summed E-state index contributed by atoms with van der Waals surface area (Å²) in [6.45, 7) is 2.53. The summed E-state index contributed by atoms with van der Waals surface area (Å²) in [6, 6.07) is 10.6. The van der Waals surface area contributed by atoms with Gasteiger partial charge >= 0.3 is 6.03 Å². The molecule has 0 spiro atoms. The van der Waals surface area contributed by atoms with E-state index in [9.17, 15) is 4.79 Å². The first-order valence-electron chi connectivity index (χ1n) is 7.98. The zero-order chi connectivity index (χ0) is 15.6. The molecular formula is C17H19N5O. The Hall–Kier alpha value is -2.63. The number of aromatic nitrogens is 2. The Morgan fingerprint density at radius 1 is 1.17 bits per heavy atom. The Kier molecular flexibility index (Phi) is 3.57. The highest BCUT2D eigenvalue weighted by Crippen LogP contribution is 2.33. The van der Waals surface area contributed by atoms with Crippen LogP contribution in [-0.2, 0) is 6.42 Å². The third kappa shape index (κ3) is 2.72. The van der Waals surface area contributed by atoms with Crippen molar-refractivity contribution >= 4 is 17.4 Å². The van der Waals surface area contributed by atoms with Gasteiger partial charge < -0.3 is 15.1 Å². The van der Waals surface area contributed by atoms with E-state index in [1.54, 1.807) is 18.5 Å². The van der Waals surface area contributed by atoms with Gasteiger partial charge in [-0.2, -0.15) is 10.2 Å². The third-order valence-electron chi connectivity index (χ3n) is 4.58. The Morgan fingerprint density at radius 3 is 2.96 bits per heavy atom. The van der Waals surface area contributed by atoms with Gasteiger partial charge in [0, 0.05) is 25.3 Å². The fraction of sp³-hybridized carbons (Fsp3) is 0.353. The first kappa shape index (κ1) is 14.0. The van der Waals surface area contributed by atoms with Crippen LogP contribution in [-0.4, -0.2) is 46.8 Å². The number of fused-ring (bicyclic) bond motifs is 3. The molecule has 2 amide bonds. The second kappa shape index (κ2) is 5.87. The topological polar surface area (TPSA) is 61.4 Å². The van der Waals surface area contributed by atoms with Crippen molar-refractivity contribution in [3.63, 3.8) is 0 Å². The number of nitrogens with one attached hydrogen (secondary N) is 1. The van der Waals surface area contributed by atoms with Crippen molar-refractivity contribution in [2.45, 2.75) is 18.9 Å². The van der Waals surface area contributed by atoms with Crippen LogP contribution in [0.1, 0.15) is 12.0 Å².